The summed E-state index contributed by atoms with van der Waals surface area (Å²) in [7, 11) is 0. The molecule has 16 heavy (non-hydrogen) atoms. The second-order valence-corrected chi connectivity index (χ2v) is 3.41. The summed E-state index contributed by atoms with van der Waals surface area (Å²) in [6.45, 7) is 1.95. The van der Waals surface area contributed by atoms with Gasteiger partial charge in [0.25, 0.3) is 0 Å². The number of benzene rings is 1. The molecule has 0 atom stereocenters. The standard InChI is InChI=1S/C11H12FN3O/c1-7-5-11(15-14-7)16-10-4-2-3-9(12)8(10)6-13/h2-5H,6,13H2,1H3,(H,14,15). The molecule has 0 fully saturated rings. The molecule has 0 aliphatic carbocycles. The van der Waals surface area contributed by atoms with Gasteiger partial charge in [-0.15, -0.1) is 5.10 Å². The third kappa shape index (κ3) is 2.04. The maximum absolute atomic E-state index is 13.4. The number of nitrogens with one attached hydrogen (secondary N) is 1. The highest BCUT2D eigenvalue weighted by Crippen LogP contribution is 2.25. The van der Waals surface area contributed by atoms with Crippen LogP contribution >= 0.6 is 0 Å². The van der Waals surface area contributed by atoms with Crippen LogP contribution < -0.4 is 10.5 Å². The van der Waals surface area contributed by atoms with E-state index in [9.17, 15) is 4.39 Å². The number of nitrogens with two attached hydrogens (primary N) is 1. The summed E-state index contributed by atoms with van der Waals surface area (Å²) in [6, 6.07) is 6.31. The van der Waals surface area contributed by atoms with E-state index in [0.717, 1.165) is 5.69 Å². The first kappa shape index (κ1) is 10.6. The van der Waals surface area contributed by atoms with Gasteiger partial charge >= 0.3 is 0 Å². The topological polar surface area (TPSA) is 63.9 Å². The first-order valence-corrected chi connectivity index (χ1v) is 4.88. The Morgan fingerprint density at radius 2 is 2.31 bits per heavy atom. The van der Waals surface area contributed by atoms with Crippen molar-refractivity contribution >= 4 is 0 Å². The van der Waals surface area contributed by atoms with Crippen molar-refractivity contribution < 1.29 is 9.13 Å². The number of hydrogen-bond acceptors (Lipinski definition) is 3. The summed E-state index contributed by atoms with van der Waals surface area (Å²) in [6.07, 6.45) is 0. The Kier molecular flexibility index (Phi) is 2.87. The molecule has 2 aromatic rings. The summed E-state index contributed by atoms with van der Waals surface area (Å²) in [5.41, 5.74) is 6.69. The number of ether oxygens (including phenoxy) is 1. The summed E-state index contributed by atoms with van der Waals surface area (Å²) in [5, 5.41) is 6.65. The van der Waals surface area contributed by atoms with Gasteiger partial charge in [0.15, 0.2) is 0 Å². The highest BCUT2D eigenvalue weighted by molar-refractivity contribution is 5.37. The van der Waals surface area contributed by atoms with Crippen LogP contribution in [0, 0.1) is 12.7 Å². The van der Waals surface area contributed by atoms with E-state index < -0.39 is 0 Å². The average Bonchev–Trinajstić information content (AvgIpc) is 2.64. The molecule has 0 aliphatic heterocycles. The first-order chi connectivity index (χ1) is 7.70. The van der Waals surface area contributed by atoms with Gasteiger partial charge in [-0.05, 0) is 19.1 Å². The van der Waals surface area contributed by atoms with Gasteiger partial charge in [0, 0.05) is 23.9 Å². The third-order valence-electron chi connectivity index (χ3n) is 2.18. The largest absolute Gasteiger partial charge is 0.437 e. The van der Waals surface area contributed by atoms with Gasteiger partial charge in [-0.2, -0.15) is 0 Å². The van der Waals surface area contributed by atoms with Gasteiger partial charge in [-0.25, -0.2) is 4.39 Å². The van der Waals surface area contributed by atoms with Crippen LogP contribution in [0.15, 0.2) is 24.3 Å². The highest BCUT2D eigenvalue weighted by atomic mass is 19.1. The molecule has 1 aromatic carbocycles. The van der Waals surface area contributed by atoms with Crippen molar-refractivity contribution in [1.82, 2.24) is 10.2 Å². The van der Waals surface area contributed by atoms with Gasteiger partial charge in [-0.1, -0.05) is 6.07 Å². The third-order valence-corrected chi connectivity index (χ3v) is 2.18. The Hall–Kier alpha value is -1.88. The van der Waals surface area contributed by atoms with Gasteiger partial charge in [0.2, 0.25) is 5.88 Å². The smallest absolute Gasteiger partial charge is 0.238 e. The molecule has 0 bridgehead atoms. The summed E-state index contributed by atoms with van der Waals surface area (Å²) in [5.74, 6) is 0.430. The fourth-order valence-corrected chi connectivity index (χ4v) is 1.39. The minimum atomic E-state index is -0.368. The zero-order valence-electron chi connectivity index (χ0n) is 8.83. The number of hydrogen-bond donors (Lipinski definition) is 2. The number of aromatic amines is 1. The molecule has 4 nitrogen and oxygen atoms in total. The molecule has 3 N–H and O–H groups in total. The lowest BCUT2D eigenvalue weighted by molar-refractivity contribution is 0.449. The molecular weight excluding hydrogens is 209 g/mol. The fourth-order valence-electron chi connectivity index (χ4n) is 1.39. The molecule has 0 saturated heterocycles. The van der Waals surface area contributed by atoms with Crippen LogP contribution in [0.2, 0.25) is 0 Å². The molecule has 0 spiro atoms. The monoisotopic (exact) mass is 221 g/mol. The Morgan fingerprint density at radius 3 is 2.94 bits per heavy atom. The normalized spacial score (nSPS) is 10.4. The average molecular weight is 221 g/mol. The Morgan fingerprint density at radius 1 is 1.50 bits per heavy atom. The minimum absolute atomic E-state index is 0.0887. The van der Waals surface area contributed by atoms with E-state index in [1.54, 1.807) is 18.2 Å². The lowest BCUT2D eigenvalue weighted by Crippen LogP contribution is -2.02. The van der Waals surface area contributed by atoms with Crippen LogP contribution in [-0.2, 0) is 6.54 Å². The lowest BCUT2D eigenvalue weighted by atomic mass is 10.2. The number of rotatable bonds is 3. The van der Waals surface area contributed by atoms with Crippen LogP contribution in [0.25, 0.3) is 0 Å². The van der Waals surface area contributed by atoms with Crippen molar-refractivity contribution in [3.63, 3.8) is 0 Å². The number of H-pyrrole nitrogens is 1. The highest BCUT2D eigenvalue weighted by Gasteiger charge is 2.09. The van der Waals surface area contributed by atoms with Crippen molar-refractivity contribution in [3.8, 4) is 11.6 Å². The van der Waals surface area contributed by atoms with Crippen molar-refractivity contribution in [3.05, 3.63) is 41.3 Å². The SMILES string of the molecule is Cc1cc(Oc2cccc(F)c2CN)n[nH]1. The van der Waals surface area contributed by atoms with E-state index in [1.807, 2.05) is 6.92 Å². The molecular formula is C11H12FN3O. The number of aromatic nitrogens is 2. The second kappa shape index (κ2) is 4.32. The summed E-state index contributed by atoms with van der Waals surface area (Å²) >= 11 is 0. The van der Waals surface area contributed by atoms with Crippen LogP contribution in [0.5, 0.6) is 11.6 Å². The molecule has 0 unspecified atom stereocenters. The number of nitrogens with zero attached hydrogens (tertiary/aromatic N) is 1. The van der Waals surface area contributed by atoms with Crippen molar-refractivity contribution in [2.45, 2.75) is 13.5 Å². The molecule has 84 valence electrons. The van der Waals surface area contributed by atoms with Crippen LogP contribution in [0.1, 0.15) is 11.3 Å². The van der Waals surface area contributed by atoms with E-state index in [2.05, 4.69) is 10.2 Å². The predicted octanol–water partition coefficient (Wildman–Crippen LogP) is 2.11. The van der Waals surface area contributed by atoms with Gasteiger partial charge in [-0.3, -0.25) is 5.10 Å². The van der Waals surface area contributed by atoms with Gasteiger partial charge in [0.1, 0.15) is 11.6 Å². The molecule has 0 radical (unpaired) electrons. The predicted molar refractivity (Wildman–Crippen MR) is 57.7 cm³/mol. The Bertz CT molecular complexity index is 496. The maximum atomic E-state index is 13.4. The van der Waals surface area contributed by atoms with Gasteiger partial charge in [0.05, 0.1) is 0 Å². The van der Waals surface area contributed by atoms with Crippen molar-refractivity contribution in [2.24, 2.45) is 5.73 Å². The van der Waals surface area contributed by atoms with E-state index in [1.165, 1.54) is 6.07 Å². The zero-order valence-corrected chi connectivity index (χ0v) is 8.83. The minimum Gasteiger partial charge on any atom is -0.437 e. The van der Waals surface area contributed by atoms with E-state index in [-0.39, 0.29) is 12.4 Å². The molecule has 1 heterocycles. The Balaban J connectivity index is 2.30. The molecule has 1 aromatic heterocycles. The summed E-state index contributed by atoms with van der Waals surface area (Å²) < 4.78 is 18.8. The van der Waals surface area contributed by atoms with E-state index in [0.29, 0.717) is 17.2 Å². The molecule has 0 aliphatic rings. The van der Waals surface area contributed by atoms with Crippen molar-refractivity contribution in [1.29, 1.82) is 0 Å². The van der Waals surface area contributed by atoms with Gasteiger partial charge < -0.3 is 10.5 Å². The van der Waals surface area contributed by atoms with Crippen molar-refractivity contribution in [2.75, 3.05) is 0 Å². The molecule has 0 saturated carbocycles. The van der Waals surface area contributed by atoms with Crippen LogP contribution in [-0.4, -0.2) is 10.2 Å². The second-order valence-electron chi connectivity index (χ2n) is 3.41. The fraction of sp³-hybridized carbons (Fsp3) is 0.182. The number of halogens is 1. The zero-order chi connectivity index (χ0) is 11.5. The van der Waals surface area contributed by atoms with Crippen LogP contribution in [0.3, 0.4) is 0 Å². The van der Waals surface area contributed by atoms with Crippen LogP contribution in [0.4, 0.5) is 4.39 Å². The lowest BCUT2D eigenvalue weighted by Gasteiger charge is -2.07. The maximum Gasteiger partial charge on any atom is 0.238 e. The van der Waals surface area contributed by atoms with E-state index in [4.69, 9.17) is 10.5 Å². The molecule has 5 heteroatoms. The number of aryl methyl sites for hydroxylation is 1. The summed E-state index contributed by atoms with van der Waals surface area (Å²) in [4.78, 5) is 0. The molecule has 2 rings (SSSR count). The first-order valence-electron chi connectivity index (χ1n) is 4.88. The quantitative estimate of drug-likeness (QED) is 0.834. The Labute approximate surface area is 92.2 Å². The molecule has 0 amide bonds. The van der Waals surface area contributed by atoms with E-state index >= 15 is 0 Å².